The van der Waals surface area contributed by atoms with Crippen molar-refractivity contribution in [1.29, 1.82) is 0 Å². The van der Waals surface area contributed by atoms with Crippen LogP contribution in [0.4, 0.5) is 24.5 Å². The van der Waals surface area contributed by atoms with Gasteiger partial charge in [0.2, 0.25) is 0 Å². The maximum atomic E-state index is 12.4. The number of hydrogen-bond donors (Lipinski definition) is 3. The van der Waals surface area contributed by atoms with Gasteiger partial charge in [-0.15, -0.1) is 13.2 Å². The first-order valence-electron chi connectivity index (χ1n) is 7.98. The summed E-state index contributed by atoms with van der Waals surface area (Å²) in [5.74, 6) is -1.54. The normalized spacial score (nSPS) is 11.0. The largest absolute Gasteiger partial charge is 0.573 e. The molecule has 3 rings (SSSR count). The smallest absolute Gasteiger partial charge is 0.406 e. The lowest BCUT2D eigenvalue weighted by Gasteiger charge is -2.12. The number of rotatable bonds is 5. The van der Waals surface area contributed by atoms with Crippen LogP contribution in [0.5, 0.6) is 5.75 Å². The molecule has 1 aromatic heterocycles. The van der Waals surface area contributed by atoms with Gasteiger partial charge in [-0.25, -0.2) is 4.98 Å². The van der Waals surface area contributed by atoms with Gasteiger partial charge in [0.15, 0.2) is 0 Å². The van der Waals surface area contributed by atoms with Crippen molar-refractivity contribution in [3.63, 3.8) is 0 Å². The van der Waals surface area contributed by atoms with Gasteiger partial charge in [-0.2, -0.15) is 0 Å². The predicted molar refractivity (Wildman–Crippen MR) is 102 cm³/mol. The van der Waals surface area contributed by atoms with Gasteiger partial charge in [0.1, 0.15) is 11.4 Å². The van der Waals surface area contributed by atoms with E-state index in [4.69, 9.17) is 0 Å². The molecule has 0 atom stereocenters. The number of nitrogens with one attached hydrogen (secondary N) is 3. The van der Waals surface area contributed by atoms with Crippen molar-refractivity contribution in [1.82, 2.24) is 9.97 Å². The van der Waals surface area contributed by atoms with Crippen molar-refractivity contribution < 1.29 is 27.5 Å². The van der Waals surface area contributed by atoms with Crippen LogP contribution in [0, 0.1) is 0 Å². The van der Waals surface area contributed by atoms with E-state index in [2.05, 4.69) is 41.3 Å². The first-order valence-corrected chi connectivity index (χ1v) is 8.77. The van der Waals surface area contributed by atoms with E-state index in [-0.39, 0.29) is 17.2 Å². The fourth-order valence-electron chi connectivity index (χ4n) is 2.29. The molecule has 3 aromatic rings. The zero-order chi connectivity index (χ0) is 21.0. The van der Waals surface area contributed by atoms with Gasteiger partial charge in [-0.1, -0.05) is 0 Å². The SMILES string of the molecule is O=C(Nc1ccc(NC(=O)c2cc(OC(F)(F)F)ccc2Br)cc1)c1cnc[nH]1. The molecular weight excluding hydrogens is 457 g/mol. The lowest BCUT2D eigenvalue weighted by atomic mass is 10.2. The van der Waals surface area contributed by atoms with Crippen molar-refractivity contribution in [2.75, 3.05) is 10.6 Å². The molecule has 0 unspecified atom stereocenters. The minimum Gasteiger partial charge on any atom is -0.406 e. The Morgan fingerprint density at radius 2 is 1.62 bits per heavy atom. The molecule has 0 saturated heterocycles. The molecule has 11 heteroatoms. The standard InChI is InChI=1S/C18H12BrF3N4O3/c19-14-6-5-12(29-18(20,21)22)7-13(14)16(27)25-10-1-3-11(4-2-10)26-17(28)15-8-23-9-24-15/h1-9H,(H,23,24)(H,25,27)(H,26,28). The number of anilines is 2. The number of hydrogen-bond acceptors (Lipinski definition) is 4. The summed E-state index contributed by atoms with van der Waals surface area (Å²) >= 11 is 3.13. The number of amides is 2. The minimum absolute atomic E-state index is 0.0385. The fourth-order valence-corrected chi connectivity index (χ4v) is 2.72. The Bertz CT molecular complexity index is 1020. The number of carbonyl (C=O) groups is 2. The lowest BCUT2D eigenvalue weighted by Crippen LogP contribution is -2.18. The van der Waals surface area contributed by atoms with E-state index in [0.29, 0.717) is 15.8 Å². The number of nitrogens with zero attached hydrogens (tertiary/aromatic N) is 1. The Morgan fingerprint density at radius 1 is 1.00 bits per heavy atom. The molecule has 0 saturated carbocycles. The van der Waals surface area contributed by atoms with Crippen molar-refractivity contribution in [2.24, 2.45) is 0 Å². The van der Waals surface area contributed by atoms with E-state index < -0.39 is 18.0 Å². The highest BCUT2D eigenvalue weighted by atomic mass is 79.9. The van der Waals surface area contributed by atoms with E-state index in [0.717, 1.165) is 12.1 Å². The zero-order valence-corrected chi connectivity index (χ0v) is 16.0. The van der Waals surface area contributed by atoms with Crippen molar-refractivity contribution in [3.05, 3.63) is 70.7 Å². The van der Waals surface area contributed by atoms with Gasteiger partial charge < -0.3 is 20.4 Å². The van der Waals surface area contributed by atoms with Crippen LogP contribution in [0.15, 0.2) is 59.5 Å². The molecule has 0 aliphatic carbocycles. The molecule has 0 aliphatic heterocycles. The maximum absolute atomic E-state index is 12.4. The van der Waals surface area contributed by atoms with Crippen molar-refractivity contribution in [2.45, 2.75) is 6.36 Å². The summed E-state index contributed by atoms with van der Waals surface area (Å²) in [7, 11) is 0. The molecule has 3 N–H and O–H groups in total. The number of alkyl halides is 3. The molecule has 1 heterocycles. The second-order valence-electron chi connectivity index (χ2n) is 5.64. The third-order valence-electron chi connectivity index (χ3n) is 3.56. The molecule has 29 heavy (non-hydrogen) atoms. The van der Waals surface area contributed by atoms with Crippen molar-refractivity contribution in [3.8, 4) is 5.75 Å². The predicted octanol–water partition coefficient (Wildman–Crippen LogP) is 4.58. The summed E-state index contributed by atoms with van der Waals surface area (Å²) in [6.07, 6.45) is -2.11. The van der Waals surface area contributed by atoms with E-state index >= 15 is 0 Å². The van der Waals surface area contributed by atoms with Crippen LogP contribution in [-0.4, -0.2) is 28.1 Å². The topological polar surface area (TPSA) is 96.1 Å². The molecule has 0 aliphatic rings. The van der Waals surface area contributed by atoms with Gasteiger partial charge in [-0.05, 0) is 58.4 Å². The first kappa shape index (κ1) is 20.4. The zero-order valence-electron chi connectivity index (χ0n) is 14.4. The highest BCUT2D eigenvalue weighted by molar-refractivity contribution is 9.10. The number of aromatic amines is 1. The average molecular weight is 469 g/mol. The Balaban J connectivity index is 1.68. The third kappa shape index (κ3) is 5.57. The number of halogens is 4. The van der Waals surface area contributed by atoms with Crippen LogP contribution in [0.25, 0.3) is 0 Å². The van der Waals surface area contributed by atoms with Gasteiger partial charge >= 0.3 is 6.36 Å². The maximum Gasteiger partial charge on any atom is 0.573 e. The highest BCUT2D eigenvalue weighted by Crippen LogP contribution is 2.28. The second-order valence-corrected chi connectivity index (χ2v) is 6.49. The molecule has 2 aromatic carbocycles. The molecule has 0 radical (unpaired) electrons. The number of H-pyrrole nitrogens is 1. The van der Waals surface area contributed by atoms with Crippen LogP contribution < -0.4 is 15.4 Å². The van der Waals surface area contributed by atoms with Gasteiger partial charge in [0, 0.05) is 15.8 Å². The molecule has 0 spiro atoms. The molecule has 2 amide bonds. The lowest BCUT2D eigenvalue weighted by molar-refractivity contribution is -0.274. The van der Waals surface area contributed by atoms with E-state index in [1.54, 1.807) is 12.1 Å². The quantitative estimate of drug-likeness (QED) is 0.510. The van der Waals surface area contributed by atoms with Gasteiger partial charge in [-0.3, -0.25) is 9.59 Å². The molecule has 0 fully saturated rings. The number of imidazole rings is 1. The van der Waals surface area contributed by atoms with Crippen LogP contribution >= 0.6 is 15.9 Å². The summed E-state index contributed by atoms with van der Waals surface area (Å²) < 4.78 is 41.2. The summed E-state index contributed by atoms with van der Waals surface area (Å²) in [5, 5.41) is 5.20. The summed E-state index contributed by atoms with van der Waals surface area (Å²) in [6, 6.07) is 9.53. The van der Waals surface area contributed by atoms with E-state index in [1.807, 2.05) is 0 Å². The fraction of sp³-hybridized carbons (Fsp3) is 0.0556. The Morgan fingerprint density at radius 3 is 2.17 bits per heavy atom. The number of carbonyl (C=O) groups excluding carboxylic acids is 2. The summed E-state index contributed by atoms with van der Waals surface area (Å²) in [4.78, 5) is 30.8. The van der Waals surface area contributed by atoms with Gasteiger partial charge in [0.25, 0.3) is 11.8 Å². The molecule has 7 nitrogen and oxygen atoms in total. The van der Waals surface area contributed by atoms with E-state index in [9.17, 15) is 22.8 Å². The third-order valence-corrected chi connectivity index (χ3v) is 4.25. The summed E-state index contributed by atoms with van der Waals surface area (Å²) in [5.41, 5.74) is 1.10. The Kier molecular flexibility index (Phi) is 5.87. The van der Waals surface area contributed by atoms with Crippen LogP contribution in [-0.2, 0) is 0 Å². The number of benzene rings is 2. The van der Waals surface area contributed by atoms with Gasteiger partial charge in [0.05, 0.1) is 18.1 Å². The van der Waals surface area contributed by atoms with Crippen molar-refractivity contribution >= 4 is 39.1 Å². The minimum atomic E-state index is -4.86. The van der Waals surface area contributed by atoms with Crippen LogP contribution in [0.1, 0.15) is 20.8 Å². The van der Waals surface area contributed by atoms with Crippen LogP contribution in [0.3, 0.4) is 0 Å². The summed E-state index contributed by atoms with van der Waals surface area (Å²) in [6.45, 7) is 0. The monoisotopic (exact) mass is 468 g/mol. The molecule has 150 valence electrons. The number of ether oxygens (including phenoxy) is 1. The Labute approximate surface area is 170 Å². The first-order chi connectivity index (χ1) is 13.7. The second kappa shape index (κ2) is 8.35. The molecule has 0 bridgehead atoms. The highest BCUT2D eigenvalue weighted by Gasteiger charge is 2.31. The van der Waals surface area contributed by atoms with E-state index in [1.165, 1.54) is 30.7 Å². The Hall–Kier alpha value is -3.34. The molecular formula is C18H12BrF3N4O3. The average Bonchev–Trinajstić information content (AvgIpc) is 3.18. The van der Waals surface area contributed by atoms with Crippen LogP contribution in [0.2, 0.25) is 0 Å². The number of aromatic nitrogens is 2.